The predicted octanol–water partition coefficient (Wildman–Crippen LogP) is 1.92. The van der Waals surface area contributed by atoms with Gasteiger partial charge in [-0.25, -0.2) is 4.98 Å². The van der Waals surface area contributed by atoms with Crippen LogP contribution in [0, 0.1) is 40.9 Å². The summed E-state index contributed by atoms with van der Waals surface area (Å²) in [5.74, 6) is -3.30. The van der Waals surface area contributed by atoms with Crippen molar-refractivity contribution in [1.29, 1.82) is 5.26 Å². The molecule has 4 rings (SSSR count). The Morgan fingerprint density at radius 3 is 2.55 bits per heavy atom. The van der Waals surface area contributed by atoms with E-state index in [-0.39, 0.29) is 41.7 Å². The van der Waals surface area contributed by atoms with Crippen molar-refractivity contribution in [2.24, 2.45) is 29.6 Å². The number of nitrogens with one attached hydrogen (secondary N) is 1. The van der Waals surface area contributed by atoms with Gasteiger partial charge >= 0.3 is 6.18 Å². The van der Waals surface area contributed by atoms with E-state index in [0.29, 0.717) is 12.6 Å². The van der Waals surface area contributed by atoms with Gasteiger partial charge in [0.15, 0.2) is 0 Å². The van der Waals surface area contributed by atoms with Gasteiger partial charge in [0, 0.05) is 19.3 Å². The van der Waals surface area contributed by atoms with Gasteiger partial charge in [0.25, 0.3) is 0 Å². The first-order valence-corrected chi connectivity index (χ1v) is 9.42. The zero-order chi connectivity index (χ0) is 21.1. The van der Waals surface area contributed by atoms with E-state index in [4.69, 9.17) is 11.6 Å². The molecule has 0 unspecified atom stereocenters. The number of rotatable bonds is 4. The average Bonchev–Trinajstić information content (AvgIpc) is 3.26. The molecule has 2 aliphatic carbocycles. The number of carbonyl (C=O) groups is 2. The number of likely N-dealkylation sites (tertiary alicyclic amines) is 1. The number of nitriles is 1. The average molecular weight is 429 g/mol. The van der Waals surface area contributed by atoms with E-state index in [9.17, 15) is 33.1 Å². The molecule has 6 atom stereocenters. The van der Waals surface area contributed by atoms with E-state index >= 15 is 0 Å². The van der Waals surface area contributed by atoms with E-state index in [1.54, 1.807) is 0 Å². The lowest BCUT2D eigenvalue weighted by Crippen LogP contribution is -2.39. The van der Waals surface area contributed by atoms with Gasteiger partial charge in [0.2, 0.25) is 11.8 Å². The standard InChI is InChI=1S/C18H16ClF3N4O3/c19-11-3-7(18(20,21)22)6-25-15(11)24-1-2-26-16(28)12-8-4-9(13(12)17(26)29)14(27)10(8)5-23/h3,6,8-10,12-14,27H,1-2,4H2,(H,24,25)/t8-,9-,10+,12-,13-,14-/m0/s1. The monoisotopic (exact) mass is 428 g/mol. The molecule has 154 valence electrons. The van der Waals surface area contributed by atoms with Crippen LogP contribution in [0.3, 0.4) is 0 Å². The fourth-order valence-electron chi connectivity index (χ4n) is 4.93. The van der Waals surface area contributed by atoms with Gasteiger partial charge in [-0.15, -0.1) is 0 Å². The van der Waals surface area contributed by atoms with E-state index in [1.165, 1.54) is 0 Å². The number of hydrogen-bond donors (Lipinski definition) is 2. The number of nitrogens with zero attached hydrogens (tertiary/aromatic N) is 3. The van der Waals surface area contributed by atoms with Crippen LogP contribution in [0.25, 0.3) is 0 Å². The first-order valence-electron chi connectivity index (χ1n) is 9.04. The molecule has 1 aromatic rings. The first kappa shape index (κ1) is 19.9. The van der Waals surface area contributed by atoms with Crippen molar-refractivity contribution in [1.82, 2.24) is 9.88 Å². The lowest BCUT2D eigenvalue weighted by molar-refractivity contribution is -0.141. The van der Waals surface area contributed by atoms with Crippen molar-refractivity contribution in [3.63, 3.8) is 0 Å². The van der Waals surface area contributed by atoms with Gasteiger partial charge in [-0.3, -0.25) is 14.5 Å². The number of aliphatic hydroxyl groups is 1. The lowest BCUT2D eigenvalue weighted by Gasteiger charge is -2.28. The third-order valence-electron chi connectivity index (χ3n) is 6.17. The minimum atomic E-state index is -4.56. The molecule has 2 N–H and O–H groups in total. The van der Waals surface area contributed by atoms with Crippen LogP contribution >= 0.6 is 11.6 Å². The first-order chi connectivity index (χ1) is 13.6. The molecule has 1 aromatic heterocycles. The van der Waals surface area contributed by atoms with Crippen LogP contribution in [0.4, 0.5) is 19.0 Å². The molecule has 3 fully saturated rings. The molecular formula is C18H16ClF3N4O3. The largest absolute Gasteiger partial charge is 0.417 e. The third-order valence-corrected chi connectivity index (χ3v) is 6.46. The summed E-state index contributed by atoms with van der Waals surface area (Å²) in [6, 6.07) is 2.79. The van der Waals surface area contributed by atoms with Crippen molar-refractivity contribution in [3.05, 3.63) is 22.8 Å². The van der Waals surface area contributed by atoms with Gasteiger partial charge in [-0.05, 0) is 24.3 Å². The summed E-state index contributed by atoms with van der Waals surface area (Å²) in [5, 5.41) is 22.0. The van der Waals surface area contributed by atoms with Crippen LogP contribution in [0.2, 0.25) is 5.02 Å². The number of anilines is 1. The Hall–Kier alpha value is -2.38. The zero-order valence-corrected chi connectivity index (χ0v) is 15.6. The summed E-state index contributed by atoms with van der Waals surface area (Å²) in [7, 11) is 0. The zero-order valence-electron chi connectivity index (χ0n) is 14.9. The summed E-state index contributed by atoms with van der Waals surface area (Å²) >= 11 is 5.83. The molecule has 1 aliphatic heterocycles. The van der Waals surface area contributed by atoms with Gasteiger partial charge in [-0.1, -0.05) is 11.6 Å². The van der Waals surface area contributed by atoms with Crippen LogP contribution in [-0.2, 0) is 15.8 Å². The number of pyridine rings is 1. The third kappa shape index (κ3) is 3.04. The van der Waals surface area contributed by atoms with Crippen LogP contribution in [0.15, 0.2) is 12.3 Å². The van der Waals surface area contributed by atoms with Crippen molar-refractivity contribution in [2.45, 2.75) is 18.7 Å². The van der Waals surface area contributed by atoms with Gasteiger partial charge < -0.3 is 10.4 Å². The summed E-state index contributed by atoms with van der Waals surface area (Å²) in [6.45, 7) is 0.0328. The maximum absolute atomic E-state index is 12.7. The second kappa shape index (κ2) is 6.85. The molecule has 0 radical (unpaired) electrons. The Balaban J connectivity index is 1.41. The van der Waals surface area contributed by atoms with Crippen LogP contribution < -0.4 is 5.32 Å². The SMILES string of the molecule is N#C[C@H]1[C@@H](O)[C@H]2C[C@@H]1[C@@H]1C(=O)N(CCNc3ncc(C(F)(F)F)cc3Cl)C(=O)[C@@H]21. The number of fused-ring (bicyclic) bond motifs is 5. The van der Waals surface area contributed by atoms with Crippen molar-refractivity contribution in [2.75, 3.05) is 18.4 Å². The van der Waals surface area contributed by atoms with Crippen molar-refractivity contribution >= 4 is 29.2 Å². The molecule has 0 aromatic carbocycles. The minimum Gasteiger partial charge on any atom is -0.391 e. The molecule has 2 saturated carbocycles. The topological polar surface area (TPSA) is 106 Å². The number of carbonyl (C=O) groups excluding carboxylic acids is 2. The highest BCUT2D eigenvalue weighted by Gasteiger charge is 2.67. The van der Waals surface area contributed by atoms with Gasteiger partial charge in [-0.2, -0.15) is 18.4 Å². The summed E-state index contributed by atoms with van der Waals surface area (Å²) < 4.78 is 38.0. The van der Waals surface area contributed by atoms with E-state index in [0.717, 1.165) is 11.0 Å². The van der Waals surface area contributed by atoms with Crippen LogP contribution in [0.5, 0.6) is 0 Å². The second-order valence-electron chi connectivity index (χ2n) is 7.57. The molecule has 0 spiro atoms. The number of alkyl halides is 3. The minimum absolute atomic E-state index is 0.0130. The highest BCUT2D eigenvalue weighted by atomic mass is 35.5. The molecular weight excluding hydrogens is 413 g/mol. The van der Waals surface area contributed by atoms with Gasteiger partial charge in [0.1, 0.15) is 5.82 Å². The van der Waals surface area contributed by atoms with Gasteiger partial charge in [0.05, 0.1) is 40.5 Å². The summed E-state index contributed by atoms with van der Waals surface area (Å²) in [4.78, 5) is 30.2. The Labute approximate surface area is 168 Å². The fraction of sp³-hybridized carbons (Fsp3) is 0.556. The Bertz CT molecular complexity index is 919. The number of amides is 2. The summed E-state index contributed by atoms with van der Waals surface area (Å²) in [6.07, 6.45) is -4.34. The molecule has 11 heteroatoms. The molecule has 2 amide bonds. The number of halogens is 4. The van der Waals surface area contributed by atoms with E-state index < -0.39 is 41.5 Å². The second-order valence-corrected chi connectivity index (χ2v) is 7.97. The normalized spacial score (nSPS) is 33.2. The molecule has 7 nitrogen and oxygen atoms in total. The Kier molecular flexibility index (Phi) is 4.70. The maximum atomic E-state index is 12.7. The number of aromatic nitrogens is 1. The van der Waals surface area contributed by atoms with Crippen molar-refractivity contribution < 1.29 is 27.9 Å². The van der Waals surface area contributed by atoms with Crippen LogP contribution in [-0.4, -0.2) is 46.0 Å². The number of hydrogen-bond acceptors (Lipinski definition) is 6. The molecule has 3 aliphatic rings. The molecule has 1 saturated heterocycles. The lowest BCUT2D eigenvalue weighted by atomic mass is 9.74. The van der Waals surface area contributed by atoms with E-state index in [2.05, 4.69) is 10.3 Å². The predicted molar refractivity (Wildman–Crippen MR) is 93.1 cm³/mol. The quantitative estimate of drug-likeness (QED) is 0.710. The van der Waals surface area contributed by atoms with Crippen molar-refractivity contribution in [3.8, 4) is 6.07 Å². The van der Waals surface area contributed by atoms with E-state index in [1.807, 2.05) is 6.07 Å². The highest BCUT2D eigenvalue weighted by molar-refractivity contribution is 6.33. The molecule has 2 bridgehead atoms. The summed E-state index contributed by atoms with van der Waals surface area (Å²) in [5.41, 5.74) is -0.980. The number of imide groups is 1. The number of aliphatic hydroxyl groups excluding tert-OH is 1. The maximum Gasteiger partial charge on any atom is 0.417 e. The Morgan fingerprint density at radius 1 is 1.31 bits per heavy atom. The van der Waals surface area contributed by atoms with Crippen LogP contribution in [0.1, 0.15) is 12.0 Å². The smallest absolute Gasteiger partial charge is 0.391 e. The highest BCUT2D eigenvalue weighted by Crippen LogP contribution is 2.58. The Morgan fingerprint density at radius 2 is 1.97 bits per heavy atom. The fourth-order valence-corrected chi connectivity index (χ4v) is 5.16. The molecule has 29 heavy (non-hydrogen) atoms. The molecule has 2 heterocycles.